The van der Waals surface area contributed by atoms with Gasteiger partial charge in [0.1, 0.15) is 67.2 Å². The van der Waals surface area contributed by atoms with E-state index in [1.165, 1.54) is 38.0 Å². The zero-order chi connectivity index (χ0) is 48.8. The Morgan fingerprint density at radius 2 is 1.57 bits per heavy atom. The number of aliphatic hydroxyl groups is 5. The second kappa shape index (κ2) is 24.8. The van der Waals surface area contributed by atoms with E-state index in [1.54, 1.807) is 24.3 Å². The minimum atomic E-state index is -1.51. The molecule has 2 aliphatic heterocycles. The van der Waals surface area contributed by atoms with Crippen molar-refractivity contribution in [3.8, 4) is 0 Å². The lowest BCUT2D eigenvalue weighted by Gasteiger charge is -2.44. The maximum Gasteiger partial charge on any atom is 0.249 e. The number of nitrogens with zero attached hydrogens (tertiary/aromatic N) is 4. The van der Waals surface area contributed by atoms with Crippen LogP contribution in [0.4, 0.5) is 5.82 Å². The van der Waals surface area contributed by atoms with Gasteiger partial charge in [0.2, 0.25) is 35.4 Å². The molecule has 2 aromatic heterocycles. The first-order chi connectivity index (χ1) is 32.0. The largest absolute Gasteiger partial charge is 0.394 e. The molecule has 6 amide bonds. The fourth-order valence-corrected chi connectivity index (χ4v) is 7.40. The molecule has 2 saturated heterocycles. The number of aliphatic hydroxyl groups excluding tert-OH is 5. The normalized spacial score (nSPS) is 25.1. The van der Waals surface area contributed by atoms with Gasteiger partial charge in [-0.3, -0.25) is 33.3 Å². The molecule has 3 aromatic rings. The van der Waals surface area contributed by atoms with E-state index in [1.807, 2.05) is 6.07 Å². The van der Waals surface area contributed by atoms with Crippen LogP contribution in [-0.4, -0.2) is 167 Å². The summed E-state index contributed by atoms with van der Waals surface area (Å²) >= 11 is 0. The Kier molecular flexibility index (Phi) is 19.4. The fraction of sp³-hybridized carbons (Fsp3) is 0.595. The predicted octanol–water partition coefficient (Wildman–Crippen LogP) is -3.12. The number of carbonyl (C=O) groups is 6. The van der Waals surface area contributed by atoms with Crippen molar-refractivity contribution in [1.82, 2.24) is 40.8 Å². The van der Waals surface area contributed by atoms with E-state index in [0.29, 0.717) is 19.3 Å². The molecule has 0 saturated carbocycles. The van der Waals surface area contributed by atoms with Gasteiger partial charge in [-0.2, -0.15) is 0 Å². The van der Waals surface area contributed by atoms with E-state index >= 15 is 0 Å². The van der Waals surface area contributed by atoms with Crippen molar-refractivity contribution in [2.45, 2.75) is 139 Å². The van der Waals surface area contributed by atoms with E-state index in [-0.39, 0.29) is 55.3 Å². The van der Waals surface area contributed by atoms with Gasteiger partial charge in [-0.1, -0.05) is 36.8 Å². The topological polar surface area (TPSA) is 370 Å². The SMILES string of the molecule is CC(=O)N[C@H]1[C@@H](OCc2ccccc2)O[C@H](CO)[C@@H](O)[C@@H]1O[C@H](C)C(=O)N[C@@H](C)C(=O)N[C@H](CCC(=O)NCCCCCC(=O)Nc1ncnc2c1ncn2[C@@H]1O[C@H](CO)[C@@H](O)[C@H]1O)C(N)=O. The quantitative estimate of drug-likeness (QED) is 0.0396. The number of fused-ring (bicyclic) bond motifs is 1. The number of anilines is 1. The lowest BCUT2D eigenvalue weighted by molar-refractivity contribution is -0.283. The van der Waals surface area contributed by atoms with E-state index in [4.69, 9.17) is 24.7 Å². The number of amides is 6. The Morgan fingerprint density at radius 3 is 2.24 bits per heavy atom. The standard InChI is InChI=1S/C42H60N10O15/c1-21(48-40(63)22(2)65-35-30(49-23(3)55)42(67-27(17-54)33(35)59)64-18-24-10-6-4-7-11-24)39(62)50-25(36(43)61)13-14-28(56)44-15-9-5-8-12-29(57)51-37-31-38(46-19-45-37)52(20-47-31)41-34(60)32(58)26(16-53)66-41/h4,6-7,10-11,19-22,25-27,30,32-35,41-42,53-54,58-60H,5,8-9,12-18H2,1-3H3,(H2,43,61)(H,44,56)(H,48,63)(H,49,55)(H,50,62)(H,45,46,51,57)/t21-,22+,25+,26+,27+,30+,32+,33+,34+,35+,41+,42-/m0/s1. The monoisotopic (exact) mass is 944 g/mol. The third-order valence-corrected chi connectivity index (χ3v) is 11.1. The second-order valence-corrected chi connectivity index (χ2v) is 16.2. The molecule has 67 heavy (non-hydrogen) atoms. The molecule has 0 spiro atoms. The van der Waals surface area contributed by atoms with Crippen LogP contribution in [0.25, 0.3) is 11.2 Å². The summed E-state index contributed by atoms with van der Waals surface area (Å²) in [5, 5.41) is 63.9. The zero-order valence-electron chi connectivity index (χ0n) is 37.2. The van der Waals surface area contributed by atoms with Crippen molar-refractivity contribution in [2.75, 3.05) is 25.1 Å². The van der Waals surface area contributed by atoms with Crippen molar-refractivity contribution >= 4 is 52.4 Å². The van der Waals surface area contributed by atoms with Crippen LogP contribution in [0.1, 0.15) is 71.1 Å². The summed E-state index contributed by atoms with van der Waals surface area (Å²) in [6.45, 7) is 3.10. The summed E-state index contributed by atoms with van der Waals surface area (Å²) in [5.41, 5.74) is 6.74. The summed E-state index contributed by atoms with van der Waals surface area (Å²) in [5.74, 6) is -3.66. The van der Waals surface area contributed by atoms with Crippen LogP contribution in [0.15, 0.2) is 43.0 Å². The van der Waals surface area contributed by atoms with E-state index in [2.05, 4.69) is 41.5 Å². The third kappa shape index (κ3) is 14.1. The molecule has 1 aromatic carbocycles. The molecule has 2 fully saturated rings. The smallest absolute Gasteiger partial charge is 0.249 e. The number of primary amides is 1. The molecule has 2 aliphatic rings. The van der Waals surface area contributed by atoms with Crippen molar-refractivity contribution < 1.29 is 73.2 Å². The summed E-state index contributed by atoms with van der Waals surface area (Å²) < 4.78 is 24.5. The highest BCUT2D eigenvalue weighted by Gasteiger charge is 2.48. The van der Waals surface area contributed by atoms with E-state index in [9.17, 15) is 54.3 Å². The van der Waals surface area contributed by atoms with Gasteiger partial charge in [-0.15, -0.1) is 0 Å². The van der Waals surface area contributed by atoms with Gasteiger partial charge in [0.25, 0.3) is 0 Å². The zero-order valence-corrected chi connectivity index (χ0v) is 37.2. The van der Waals surface area contributed by atoms with Gasteiger partial charge in [-0.25, -0.2) is 15.0 Å². The minimum absolute atomic E-state index is 0.0503. The Labute approximate surface area is 384 Å². The van der Waals surface area contributed by atoms with Crippen molar-refractivity contribution in [3.63, 3.8) is 0 Å². The number of hydrogen-bond donors (Lipinski definition) is 11. The summed E-state index contributed by atoms with van der Waals surface area (Å²) in [4.78, 5) is 88.5. The van der Waals surface area contributed by atoms with Gasteiger partial charge in [0, 0.05) is 26.3 Å². The van der Waals surface area contributed by atoms with E-state index < -0.39 is 116 Å². The molecule has 25 heteroatoms. The second-order valence-electron chi connectivity index (χ2n) is 16.2. The van der Waals surface area contributed by atoms with Gasteiger partial charge in [0.05, 0.1) is 26.1 Å². The summed E-state index contributed by atoms with van der Waals surface area (Å²) in [6, 6.07) is 5.44. The number of nitrogens with two attached hydrogens (primary N) is 1. The Hall–Kier alpha value is -5.77. The molecular formula is C42H60N10O15. The number of ether oxygens (including phenoxy) is 4. The van der Waals surface area contributed by atoms with Crippen molar-refractivity contribution in [1.29, 1.82) is 0 Å². The number of carbonyl (C=O) groups excluding carboxylic acids is 6. The molecule has 4 heterocycles. The molecule has 0 bridgehead atoms. The van der Waals surface area contributed by atoms with Crippen LogP contribution < -0.4 is 32.3 Å². The lowest BCUT2D eigenvalue weighted by atomic mass is 9.96. The Balaban J connectivity index is 1.01. The van der Waals surface area contributed by atoms with Gasteiger partial charge in [-0.05, 0) is 38.7 Å². The maximum atomic E-state index is 13.2. The minimum Gasteiger partial charge on any atom is -0.394 e. The van der Waals surface area contributed by atoms with E-state index in [0.717, 1.165) is 5.56 Å². The van der Waals surface area contributed by atoms with Gasteiger partial charge in [0.15, 0.2) is 29.5 Å². The molecule has 25 nitrogen and oxygen atoms in total. The van der Waals surface area contributed by atoms with Crippen LogP contribution in [0, 0.1) is 0 Å². The third-order valence-electron chi connectivity index (χ3n) is 11.1. The van der Waals surface area contributed by atoms with Crippen molar-refractivity contribution in [3.05, 3.63) is 48.5 Å². The highest BCUT2D eigenvalue weighted by Crippen LogP contribution is 2.32. The molecule has 5 rings (SSSR count). The lowest BCUT2D eigenvalue weighted by Crippen LogP contribution is -2.66. The number of hydrogen-bond acceptors (Lipinski definition) is 18. The molecule has 0 radical (unpaired) electrons. The fourth-order valence-electron chi connectivity index (χ4n) is 7.40. The number of benzene rings is 1. The molecule has 368 valence electrons. The van der Waals surface area contributed by atoms with Gasteiger partial charge < -0.3 is 76.8 Å². The summed E-state index contributed by atoms with van der Waals surface area (Å²) in [7, 11) is 0. The molecule has 12 atom stereocenters. The number of aromatic nitrogens is 4. The van der Waals surface area contributed by atoms with Crippen LogP contribution in [0.5, 0.6) is 0 Å². The molecule has 0 unspecified atom stereocenters. The van der Waals surface area contributed by atoms with Crippen LogP contribution >= 0.6 is 0 Å². The van der Waals surface area contributed by atoms with Gasteiger partial charge >= 0.3 is 0 Å². The van der Waals surface area contributed by atoms with Crippen molar-refractivity contribution in [2.24, 2.45) is 5.73 Å². The Morgan fingerprint density at radius 1 is 0.851 bits per heavy atom. The van der Waals surface area contributed by atoms with Crippen LogP contribution in [-0.2, 0) is 54.3 Å². The predicted molar refractivity (Wildman–Crippen MR) is 231 cm³/mol. The Bertz CT molecular complexity index is 2150. The highest BCUT2D eigenvalue weighted by molar-refractivity contribution is 5.96. The highest BCUT2D eigenvalue weighted by atomic mass is 16.7. The average Bonchev–Trinajstić information content (AvgIpc) is 3.86. The number of nitrogens with one attached hydrogen (secondary N) is 5. The molecule has 0 aliphatic carbocycles. The maximum absolute atomic E-state index is 13.2. The molecular weight excluding hydrogens is 885 g/mol. The first kappa shape index (κ1) is 52.2. The molecule has 12 N–H and O–H groups in total. The number of imidazole rings is 1. The first-order valence-corrected chi connectivity index (χ1v) is 21.8. The number of rotatable bonds is 24. The summed E-state index contributed by atoms with van der Waals surface area (Å²) in [6.07, 6.45) is -7.43. The van der Waals surface area contributed by atoms with Crippen LogP contribution in [0.2, 0.25) is 0 Å². The first-order valence-electron chi connectivity index (χ1n) is 21.8. The number of unbranched alkanes of at least 4 members (excludes halogenated alkanes) is 2. The van der Waals surface area contributed by atoms with Crippen LogP contribution in [0.3, 0.4) is 0 Å². The average molecular weight is 945 g/mol.